The van der Waals surface area contributed by atoms with Crippen LogP contribution in [-0.2, 0) is 19.3 Å². The highest BCUT2D eigenvalue weighted by Crippen LogP contribution is 2.49. The van der Waals surface area contributed by atoms with E-state index in [0.717, 1.165) is 6.42 Å². The normalized spacial score (nSPS) is 19.9. The molecule has 208 valence electrons. The van der Waals surface area contributed by atoms with E-state index in [2.05, 4.69) is 15.5 Å². The molecule has 4 rings (SSSR count). The van der Waals surface area contributed by atoms with Crippen molar-refractivity contribution in [3.63, 3.8) is 0 Å². The van der Waals surface area contributed by atoms with E-state index in [-0.39, 0.29) is 37.5 Å². The molecule has 0 bridgehead atoms. The summed E-state index contributed by atoms with van der Waals surface area (Å²) >= 11 is 0. The molecule has 2 atom stereocenters. The van der Waals surface area contributed by atoms with Gasteiger partial charge in [0.2, 0.25) is 0 Å². The van der Waals surface area contributed by atoms with E-state index in [1.165, 1.54) is 0 Å². The number of nitrogens with zero attached hydrogens (tertiary/aromatic N) is 3. The maximum absolute atomic E-state index is 13.5. The van der Waals surface area contributed by atoms with Gasteiger partial charge in [-0.1, -0.05) is 0 Å². The standard InChI is InChI=1S/C26H37N5O6S/c1-18(16-33)27-25(34)28-21-7-5-20(6-8-21)24-29-22(15-23(30-24)31-11-13-37-17-19(31)2)26(9-3-10-26)38(35,36)14-4-12-32/h5-8,15,18-19,32-33H,3-4,9-14,16-17H2,1-2H3,(H2,27,28,34)/t18-,19-/m0/s1. The van der Waals surface area contributed by atoms with Crippen LogP contribution in [0, 0.1) is 0 Å². The Bertz CT molecular complexity index is 1220. The Balaban J connectivity index is 1.70. The van der Waals surface area contributed by atoms with Crippen molar-refractivity contribution >= 4 is 27.4 Å². The van der Waals surface area contributed by atoms with Gasteiger partial charge in [0.25, 0.3) is 0 Å². The molecule has 12 heteroatoms. The van der Waals surface area contributed by atoms with Gasteiger partial charge in [-0.3, -0.25) is 0 Å². The smallest absolute Gasteiger partial charge is 0.319 e. The Morgan fingerprint density at radius 1 is 1.24 bits per heavy atom. The van der Waals surface area contributed by atoms with E-state index < -0.39 is 20.6 Å². The Morgan fingerprint density at radius 2 is 1.97 bits per heavy atom. The third-order valence-corrected chi connectivity index (χ3v) is 9.86. The van der Waals surface area contributed by atoms with E-state index in [1.807, 2.05) is 13.0 Å². The maximum Gasteiger partial charge on any atom is 0.319 e. The quantitative estimate of drug-likeness (QED) is 0.350. The van der Waals surface area contributed by atoms with Gasteiger partial charge in [0.05, 0.1) is 43.4 Å². The maximum atomic E-state index is 13.5. The fourth-order valence-corrected chi connectivity index (χ4v) is 7.06. The lowest BCUT2D eigenvalue weighted by atomic mass is 9.81. The summed E-state index contributed by atoms with van der Waals surface area (Å²) in [4.78, 5) is 23.8. The van der Waals surface area contributed by atoms with Gasteiger partial charge in [-0.05, 0) is 63.8 Å². The second kappa shape index (κ2) is 11.9. The Hall–Kier alpha value is -2.80. The van der Waals surface area contributed by atoms with Crippen molar-refractivity contribution in [2.24, 2.45) is 0 Å². The molecule has 1 saturated heterocycles. The van der Waals surface area contributed by atoms with Gasteiger partial charge >= 0.3 is 6.03 Å². The number of anilines is 2. The monoisotopic (exact) mass is 547 g/mol. The van der Waals surface area contributed by atoms with Crippen molar-refractivity contribution in [3.8, 4) is 11.4 Å². The van der Waals surface area contributed by atoms with Crippen molar-refractivity contribution in [1.29, 1.82) is 0 Å². The van der Waals surface area contributed by atoms with Crippen LogP contribution in [0.15, 0.2) is 30.3 Å². The van der Waals surface area contributed by atoms with E-state index in [9.17, 15) is 18.3 Å². The Labute approximate surface area is 223 Å². The van der Waals surface area contributed by atoms with Crippen LogP contribution >= 0.6 is 0 Å². The number of hydrogen-bond acceptors (Lipinski definition) is 9. The minimum absolute atomic E-state index is 0.0640. The minimum Gasteiger partial charge on any atom is -0.396 e. The number of aliphatic hydroxyl groups is 2. The molecule has 2 aromatic rings. The van der Waals surface area contributed by atoms with Crippen LogP contribution in [0.25, 0.3) is 11.4 Å². The van der Waals surface area contributed by atoms with Crippen LogP contribution in [0.1, 0.15) is 45.2 Å². The molecule has 1 aliphatic carbocycles. The van der Waals surface area contributed by atoms with E-state index in [1.54, 1.807) is 31.2 Å². The Kier molecular flexibility index (Phi) is 8.86. The van der Waals surface area contributed by atoms with Gasteiger partial charge in [-0.15, -0.1) is 0 Å². The number of nitrogens with one attached hydrogen (secondary N) is 2. The number of rotatable bonds is 10. The van der Waals surface area contributed by atoms with E-state index in [0.29, 0.717) is 61.2 Å². The molecule has 4 N–H and O–H groups in total. The molecule has 0 radical (unpaired) electrons. The average Bonchev–Trinajstić information content (AvgIpc) is 2.87. The first-order chi connectivity index (χ1) is 18.2. The first kappa shape index (κ1) is 28.2. The van der Waals surface area contributed by atoms with Gasteiger partial charge in [0.1, 0.15) is 10.6 Å². The number of amides is 2. The highest BCUT2D eigenvalue weighted by molar-refractivity contribution is 7.92. The molecule has 1 aliphatic heterocycles. The summed E-state index contributed by atoms with van der Waals surface area (Å²) in [6.07, 6.45) is 1.95. The van der Waals surface area contributed by atoms with Crippen molar-refractivity contribution in [2.45, 2.75) is 56.4 Å². The van der Waals surface area contributed by atoms with Crippen molar-refractivity contribution in [1.82, 2.24) is 15.3 Å². The lowest BCUT2D eigenvalue weighted by Gasteiger charge is -2.41. The van der Waals surface area contributed by atoms with Crippen LogP contribution < -0.4 is 15.5 Å². The van der Waals surface area contributed by atoms with Crippen molar-refractivity contribution in [3.05, 3.63) is 36.0 Å². The number of hydrogen-bond donors (Lipinski definition) is 4. The van der Waals surface area contributed by atoms with Gasteiger partial charge in [-0.2, -0.15) is 0 Å². The van der Waals surface area contributed by atoms with E-state index >= 15 is 0 Å². The van der Waals surface area contributed by atoms with Gasteiger partial charge in [0, 0.05) is 30.5 Å². The summed E-state index contributed by atoms with van der Waals surface area (Å²) in [6.45, 7) is 5.12. The number of aliphatic hydroxyl groups excluding tert-OH is 2. The zero-order valence-electron chi connectivity index (χ0n) is 21.9. The van der Waals surface area contributed by atoms with Crippen LogP contribution in [0.4, 0.5) is 16.3 Å². The molecule has 2 amide bonds. The summed E-state index contributed by atoms with van der Waals surface area (Å²) in [5.74, 6) is 0.970. The molecule has 2 heterocycles. The van der Waals surface area contributed by atoms with Crippen LogP contribution in [-0.4, -0.2) is 85.4 Å². The highest BCUT2D eigenvalue weighted by Gasteiger charge is 2.51. The SMILES string of the molecule is C[C@@H](CO)NC(=O)Nc1ccc(-c2nc(N3CCOC[C@@H]3C)cc(C3(S(=O)(=O)CCCO)CCC3)n2)cc1. The second-order valence-electron chi connectivity index (χ2n) is 10.1. The van der Waals surface area contributed by atoms with Crippen molar-refractivity contribution < 1.29 is 28.2 Å². The molecular weight excluding hydrogens is 510 g/mol. The van der Waals surface area contributed by atoms with E-state index in [4.69, 9.17) is 19.8 Å². The zero-order chi connectivity index (χ0) is 27.3. The molecule has 38 heavy (non-hydrogen) atoms. The number of carbonyl (C=O) groups excluding carboxylic acids is 1. The molecule has 11 nitrogen and oxygen atoms in total. The highest BCUT2D eigenvalue weighted by atomic mass is 32.2. The van der Waals surface area contributed by atoms with Crippen LogP contribution in [0.3, 0.4) is 0 Å². The summed E-state index contributed by atoms with van der Waals surface area (Å²) in [6, 6.07) is 8.08. The summed E-state index contributed by atoms with van der Waals surface area (Å²) in [5, 5.41) is 23.7. The number of benzene rings is 1. The molecular formula is C26H37N5O6S. The molecule has 1 aromatic carbocycles. The number of urea groups is 1. The summed E-state index contributed by atoms with van der Waals surface area (Å²) < 4.78 is 31.4. The third-order valence-electron chi connectivity index (χ3n) is 7.22. The predicted octanol–water partition coefficient (Wildman–Crippen LogP) is 2.05. The van der Waals surface area contributed by atoms with Crippen LogP contribution in [0.2, 0.25) is 0 Å². The summed E-state index contributed by atoms with van der Waals surface area (Å²) in [5.41, 5.74) is 1.72. The van der Waals surface area contributed by atoms with Crippen LogP contribution in [0.5, 0.6) is 0 Å². The molecule has 2 fully saturated rings. The average molecular weight is 548 g/mol. The third kappa shape index (κ3) is 5.93. The predicted molar refractivity (Wildman–Crippen MR) is 145 cm³/mol. The Morgan fingerprint density at radius 3 is 2.58 bits per heavy atom. The fraction of sp³-hybridized carbons (Fsp3) is 0.577. The lowest BCUT2D eigenvalue weighted by Crippen LogP contribution is -2.46. The van der Waals surface area contributed by atoms with Crippen molar-refractivity contribution in [2.75, 3.05) is 48.9 Å². The lowest BCUT2D eigenvalue weighted by molar-refractivity contribution is 0.0985. The summed E-state index contributed by atoms with van der Waals surface area (Å²) in [7, 11) is -3.56. The minimum atomic E-state index is -3.56. The molecule has 0 spiro atoms. The van der Waals surface area contributed by atoms with Gasteiger partial charge < -0.3 is 30.5 Å². The second-order valence-corrected chi connectivity index (χ2v) is 12.5. The molecule has 1 aromatic heterocycles. The molecule has 1 saturated carbocycles. The topological polar surface area (TPSA) is 154 Å². The number of sulfone groups is 1. The number of carbonyl (C=O) groups is 1. The van der Waals surface area contributed by atoms with Gasteiger partial charge in [0.15, 0.2) is 15.7 Å². The number of aromatic nitrogens is 2. The van der Waals surface area contributed by atoms with Gasteiger partial charge in [-0.25, -0.2) is 23.2 Å². The largest absolute Gasteiger partial charge is 0.396 e. The number of ether oxygens (including phenoxy) is 1. The fourth-order valence-electron chi connectivity index (χ4n) is 4.83. The molecule has 0 unspecified atom stereocenters. The number of morpholine rings is 1. The first-order valence-electron chi connectivity index (χ1n) is 13.0. The first-order valence-corrected chi connectivity index (χ1v) is 14.7. The molecule has 2 aliphatic rings. The zero-order valence-corrected chi connectivity index (χ0v) is 22.7.